The molecule has 1 aliphatic rings. The van der Waals surface area contributed by atoms with Crippen LogP contribution in [0.5, 0.6) is 0 Å². The van der Waals surface area contributed by atoms with Gasteiger partial charge in [-0.25, -0.2) is 0 Å². The average Bonchev–Trinajstić information content (AvgIpc) is 3.63. The SMILES string of the molecule is CNC(=O)c1ccc(CC(CNC(=O)CC(c2cccnc2)C2(C(F)(F)F)CC2)N(C)C)c(Cl)c1. The third-order valence-electron chi connectivity index (χ3n) is 6.76. The fourth-order valence-electron chi connectivity index (χ4n) is 4.36. The molecule has 0 radical (unpaired) electrons. The molecule has 1 saturated carbocycles. The van der Waals surface area contributed by atoms with Gasteiger partial charge in [-0.3, -0.25) is 14.6 Å². The van der Waals surface area contributed by atoms with Crippen molar-refractivity contribution < 1.29 is 22.8 Å². The average molecular weight is 511 g/mol. The summed E-state index contributed by atoms with van der Waals surface area (Å²) in [5.74, 6) is -1.67. The molecule has 10 heteroatoms. The highest BCUT2D eigenvalue weighted by molar-refractivity contribution is 6.31. The third-order valence-corrected chi connectivity index (χ3v) is 7.11. The van der Waals surface area contributed by atoms with E-state index >= 15 is 0 Å². The molecule has 1 heterocycles. The lowest BCUT2D eigenvalue weighted by atomic mass is 9.80. The predicted octanol–water partition coefficient (Wildman–Crippen LogP) is 4.20. The number of alkyl halides is 3. The number of pyridine rings is 1. The van der Waals surface area contributed by atoms with E-state index in [-0.39, 0.29) is 37.8 Å². The van der Waals surface area contributed by atoms with Crippen LogP contribution in [0, 0.1) is 5.41 Å². The van der Waals surface area contributed by atoms with E-state index in [1.54, 1.807) is 30.3 Å². The number of benzene rings is 1. The lowest BCUT2D eigenvalue weighted by Crippen LogP contribution is -2.42. The molecule has 1 aliphatic carbocycles. The molecule has 2 aromatic rings. The minimum absolute atomic E-state index is 0.00815. The van der Waals surface area contributed by atoms with Gasteiger partial charge in [0.05, 0.1) is 5.41 Å². The van der Waals surface area contributed by atoms with E-state index in [0.717, 1.165) is 5.56 Å². The lowest BCUT2D eigenvalue weighted by Gasteiger charge is -2.30. The molecule has 190 valence electrons. The van der Waals surface area contributed by atoms with Crippen molar-refractivity contribution in [3.63, 3.8) is 0 Å². The summed E-state index contributed by atoms with van der Waals surface area (Å²) >= 11 is 6.38. The summed E-state index contributed by atoms with van der Waals surface area (Å²) in [5.41, 5.74) is -0.218. The van der Waals surface area contributed by atoms with Gasteiger partial charge in [0.2, 0.25) is 5.91 Å². The summed E-state index contributed by atoms with van der Waals surface area (Å²) in [6, 6.07) is 8.07. The summed E-state index contributed by atoms with van der Waals surface area (Å²) in [6.07, 6.45) is -1.25. The number of likely N-dealkylation sites (N-methyl/N-ethyl adjacent to an activating group) is 1. The van der Waals surface area contributed by atoms with Gasteiger partial charge in [-0.1, -0.05) is 23.7 Å². The molecule has 0 saturated heterocycles. The van der Waals surface area contributed by atoms with E-state index in [0.29, 0.717) is 22.6 Å². The van der Waals surface area contributed by atoms with E-state index in [1.165, 1.54) is 19.4 Å². The molecule has 1 aromatic heterocycles. The van der Waals surface area contributed by atoms with Gasteiger partial charge in [-0.15, -0.1) is 0 Å². The van der Waals surface area contributed by atoms with Crippen molar-refractivity contribution in [3.05, 3.63) is 64.4 Å². The van der Waals surface area contributed by atoms with Crippen LogP contribution >= 0.6 is 11.6 Å². The first-order valence-corrected chi connectivity index (χ1v) is 11.8. The standard InChI is InChI=1S/C25H30ClF3N4O2/c1-30-23(35)17-7-6-16(21(26)12-17)11-19(33(2)3)15-32-22(34)13-20(18-5-4-10-31-14-18)24(8-9-24)25(27,28)29/h4-7,10,12,14,19-20H,8-9,11,13,15H2,1-3H3,(H,30,35)(H,32,34). The number of amides is 2. The van der Waals surface area contributed by atoms with E-state index in [2.05, 4.69) is 15.6 Å². The summed E-state index contributed by atoms with van der Waals surface area (Å²) < 4.78 is 41.7. The molecule has 0 bridgehead atoms. The number of hydrogen-bond donors (Lipinski definition) is 2. The van der Waals surface area contributed by atoms with Crippen LogP contribution in [-0.4, -0.2) is 61.6 Å². The number of carbonyl (C=O) groups excluding carboxylic acids is 2. The zero-order valence-electron chi connectivity index (χ0n) is 20.0. The molecule has 35 heavy (non-hydrogen) atoms. The third kappa shape index (κ3) is 6.32. The van der Waals surface area contributed by atoms with E-state index in [1.807, 2.05) is 19.0 Å². The van der Waals surface area contributed by atoms with Gasteiger partial charge < -0.3 is 15.5 Å². The second-order valence-corrected chi connectivity index (χ2v) is 9.62. The number of nitrogens with one attached hydrogen (secondary N) is 2. The quantitative estimate of drug-likeness (QED) is 0.502. The predicted molar refractivity (Wildman–Crippen MR) is 128 cm³/mol. The Balaban J connectivity index is 1.68. The van der Waals surface area contributed by atoms with E-state index < -0.39 is 23.4 Å². The maximum Gasteiger partial charge on any atom is 0.395 e. The summed E-state index contributed by atoms with van der Waals surface area (Å²) in [6.45, 7) is 0.234. The fourth-order valence-corrected chi connectivity index (χ4v) is 4.62. The van der Waals surface area contributed by atoms with Crippen LogP contribution in [0.2, 0.25) is 5.02 Å². The maximum absolute atomic E-state index is 13.9. The molecule has 0 spiro atoms. The van der Waals surface area contributed by atoms with Crippen molar-refractivity contribution >= 4 is 23.4 Å². The topological polar surface area (TPSA) is 74.3 Å². The van der Waals surface area contributed by atoms with Crippen LogP contribution in [0.3, 0.4) is 0 Å². The van der Waals surface area contributed by atoms with E-state index in [9.17, 15) is 22.8 Å². The number of rotatable bonds is 10. The molecular weight excluding hydrogens is 481 g/mol. The molecular formula is C25H30ClF3N4O2. The fraction of sp³-hybridized carbons (Fsp3) is 0.480. The minimum Gasteiger partial charge on any atom is -0.355 e. The second kappa shape index (κ2) is 11.0. The summed E-state index contributed by atoms with van der Waals surface area (Å²) in [5, 5.41) is 5.79. The zero-order valence-corrected chi connectivity index (χ0v) is 20.7. The van der Waals surface area contributed by atoms with Gasteiger partial charge in [0.1, 0.15) is 0 Å². The Hall–Kier alpha value is -2.65. The highest BCUT2D eigenvalue weighted by atomic mass is 35.5. The highest BCUT2D eigenvalue weighted by Crippen LogP contribution is 2.66. The van der Waals surface area contributed by atoms with Crippen LogP contribution in [0.4, 0.5) is 13.2 Å². The van der Waals surface area contributed by atoms with Gasteiger partial charge >= 0.3 is 6.18 Å². The van der Waals surface area contributed by atoms with Crippen molar-refractivity contribution in [2.24, 2.45) is 5.41 Å². The largest absolute Gasteiger partial charge is 0.395 e. The molecule has 0 aliphatic heterocycles. The first kappa shape index (κ1) is 26.9. The zero-order chi connectivity index (χ0) is 25.8. The highest BCUT2D eigenvalue weighted by Gasteiger charge is 2.67. The Morgan fingerprint density at radius 3 is 2.46 bits per heavy atom. The maximum atomic E-state index is 13.9. The van der Waals surface area contributed by atoms with Crippen LogP contribution < -0.4 is 10.6 Å². The number of nitrogens with zero attached hydrogens (tertiary/aromatic N) is 2. The van der Waals surface area contributed by atoms with E-state index in [4.69, 9.17) is 11.6 Å². The number of hydrogen-bond acceptors (Lipinski definition) is 4. The molecule has 1 fully saturated rings. The Kier molecular flexibility index (Phi) is 8.43. The van der Waals surface area contributed by atoms with Crippen LogP contribution in [0.1, 0.15) is 46.7 Å². The van der Waals surface area contributed by atoms with Crippen molar-refractivity contribution in [1.82, 2.24) is 20.5 Å². The van der Waals surface area contributed by atoms with Gasteiger partial charge in [0.15, 0.2) is 0 Å². The molecule has 2 amide bonds. The van der Waals surface area contributed by atoms with Crippen LogP contribution in [0.15, 0.2) is 42.7 Å². The molecule has 6 nitrogen and oxygen atoms in total. The molecule has 3 rings (SSSR count). The van der Waals surface area contributed by atoms with Crippen LogP contribution in [0.25, 0.3) is 0 Å². The number of aromatic nitrogens is 1. The van der Waals surface area contributed by atoms with Crippen molar-refractivity contribution in [1.29, 1.82) is 0 Å². The minimum atomic E-state index is -4.39. The summed E-state index contributed by atoms with van der Waals surface area (Å²) in [4.78, 5) is 30.5. The monoisotopic (exact) mass is 510 g/mol. The van der Waals surface area contributed by atoms with Crippen molar-refractivity contribution in [2.75, 3.05) is 27.7 Å². The smallest absolute Gasteiger partial charge is 0.355 e. The lowest BCUT2D eigenvalue weighted by molar-refractivity contribution is -0.194. The van der Waals surface area contributed by atoms with Crippen molar-refractivity contribution in [3.8, 4) is 0 Å². The normalized spacial score (nSPS) is 16.5. The Labute approximate surface area is 208 Å². The Morgan fingerprint density at radius 1 is 1.23 bits per heavy atom. The van der Waals surface area contributed by atoms with Gasteiger partial charge in [-0.05, 0) is 62.7 Å². The first-order valence-electron chi connectivity index (χ1n) is 11.4. The molecule has 1 aromatic carbocycles. The second-order valence-electron chi connectivity index (χ2n) is 9.21. The molecule has 2 N–H and O–H groups in total. The Morgan fingerprint density at radius 2 is 1.94 bits per heavy atom. The van der Waals surface area contributed by atoms with Gasteiger partial charge in [0, 0.05) is 55.0 Å². The molecule has 2 atom stereocenters. The van der Waals surface area contributed by atoms with Gasteiger partial charge in [0.25, 0.3) is 5.91 Å². The number of carbonyl (C=O) groups is 2. The Bertz CT molecular complexity index is 1040. The first-order chi connectivity index (χ1) is 16.5. The van der Waals surface area contributed by atoms with Crippen LogP contribution in [-0.2, 0) is 11.2 Å². The summed E-state index contributed by atoms with van der Waals surface area (Å²) in [7, 11) is 5.24. The number of halogens is 4. The van der Waals surface area contributed by atoms with Crippen molar-refractivity contribution in [2.45, 2.75) is 43.8 Å². The van der Waals surface area contributed by atoms with Gasteiger partial charge in [-0.2, -0.15) is 13.2 Å². The molecule has 2 unspecified atom stereocenters.